The number of anilines is 1. The summed E-state index contributed by atoms with van der Waals surface area (Å²) in [6.45, 7) is 0.477. The quantitative estimate of drug-likeness (QED) is 0.215. The van der Waals surface area contributed by atoms with Crippen LogP contribution < -0.4 is 14.4 Å². The second-order valence-electron chi connectivity index (χ2n) is 9.75. The SMILES string of the molecule is O=COc1cnc(N2CC(O)(c3ccc(OCc4c(-c5c(Cl)cccc5Cl)noc4C4CC4)cc3Cl)C2)c(F)c1. The number of hydrogen-bond donors (Lipinski definition) is 1. The minimum Gasteiger partial charge on any atom is -0.489 e. The standard InChI is InChI=1S/C28H21Cl3FN3O5/c29-20-2-1-3-21(30)24(20)25-18(26(40-34-25)15-4-5-15)11-38-16-6-7-19(22(31)8-16)28(37)12-35(13-28)27-23(32)9-17(10-33-27)39-14-36/h1-3,6-10,14-15,37H,4-5,11-13H2. The van der Waals surface area contributed by atoms with Crippen LogP contribution in [0, 0.1) is 5.82 Å². The molecule has 2 fully saturated rings. The first-order chi connectivity index (χ1) is 19.3. The summed E-state index contributed by atoms with van der Waals surface area (Å²) in [5, 5.41) is 16.7. The topological polar surface area (TPSA) is 97.9 Å². The molecule has 206 valence electrons. The second kappa shape index (κ2) is 10.6. The number of carbonyl (C=O) groups excluding carboxylic acids is 1. The van der Waals surface area contributed by atoms with Crippen LogP contribution in [0.15, 0.2) is 53.2 Å². The zero-order valence-corrected chi connectivity index (χ0v) is 23.0. The van der Waals surface area contributed by atoms with E-state index < -0.39 is 11.4 Å². The predicted molar refractivity (Wildman–Crippen MR) is 147 cm³/mol. The Bertz CT molecular complexity index is 1580. The highest BCUT2D eigenvalue weighted by Crippen LogP contribution is 2.46. The fourth-order valence-electron chi connectivity index (χ4n) is 4.84. The highest BCUT2D eigenvalue weighted by molar-refractivity contribution is 6.39. The van der Waals surface area contributed by atoms with Crippen molar-refractivity contribution in [2.75, 3.05) is 18.0 Å². The monoisotopic (exact) mass is 603 g/mol. The minimum atomic E-state index is -1.32. The number of halogens is 4. The van der Waals surface area contributed by atoms with Gasteiger partial charge in [0.05, 0.1) is 39.9 Å². The summed E-state index contributed by atoms with van der Waals surface area (Å²) in [5.41, 5.74) is 1.05. The summed E-state index contributed by atoms with van der Waals surface area (Å²) in [5.74, 6) is 0.858. The maximum Gasteiger partial charge on any atom is 0.298 e. The maximum absolute atomic E-state index is 14.4. The number of aliphatic hydroxyl groups is 1. The van der Waals surface area contributed by atoms with E-state index in [-0.39, 0.29) is 43.7 Å². The molecule has 4 aromatic rings. The summed E-state index contributed by atoms with van der Waals surface area (Å²) in [6.07, 6.45) is 3.24. The molecular weight excluding hydrogens is 584 g/mol. The number of rotatable bonds is 9. The first-order valence-corrected chi connectivity index (χ1v) is 13.5. The third kappa shape index (κ3) is 4.99. The molecule has 40 heavy (non-hydrogen) atoms. The summed E-state index contributed by atoms with van der Waals surface area (Å²) in [4.78, 5) is 16.0. The lowest BCUT2D eigenvalue weighted by atomic mass is 9.86. The smallest absolute Gasteiger partial charge is 0.298 e. The van der Waals surface area contributed by atoms with Gasteiger partial charge in [-0.2, -0.15) is 0 Å². The van der Waals surface area contributed by atoms with E-state index in [0.717, 1.165) is 30.2 Å². The van der Waals surface area contributed by atoms with E-state index in [0.29, 0.717) is 37.6 Å². The molecule has 0 radical (unpaired) electrons. The molecule has 1 saturated carbocycles. The summed E-state index contributed by atoms with van der Waals surface area (Å²) >= 11 is 19.4. The van der Waals surface area contributed by atoms with Crippen LogP contribution in [0.2, 0.25) is 15.1 Å². The highest BCUT2D eigenvalue weighted by atomic mass is 35.5. The van der Waals surface area contributed by atoms with Crippen LogP contribution >= 0.6 is 34.8 Å². The van der Waals surface area contributed by atoms with Crippen molar-refractivity contribution in [2.45, 2.75) is 31.0 Å². The van der Waals surface area contributed by atoms with Crippen molar-refractivity contribution in [3.8, 4) is 22.8 Å². The number of β-amino-alcohol motifs (C(OH)–C–C–N with tert-alkyl or cyclic N) is 1. The zero-order valence-electron chi connectivity index (χ0n) is 20.7. The molecule has 3 heterocycles. The minimum absolute atomic E-state index is 0.0109. The largest absolute Gasteiger partial charge is 0.489 e. The van der Waals surface area contributed by atoms with Crippen LogP contribution in [-0.2, 0) is 17.0 Å². The van der Waals surface area contributed by atoms with E-state index >= 15 is 0 Å². The van der Waals surface area contributed by atoms with E-state index in [1.807, 2.05) is 0 Å². The van der Waals surface area contributed by atoms with Gasteiger partial charge in [-0.15, -0.1) is 0 Å². The molecule has 1 N–H and O–H groups in total. The molecule has 1 saturated heterocycles. The maximum atomic E-state index is 14.4. The Morgan fingerprint density at radius 2 is 1.85 bits per heavy atom. The third-order valence-corrected chi connectivity index (χ3v) is 7.92. The Hall–Kier alpha value is -3.37. The van der Waals surface area contributed by atoms with Gasteiger partial charge in [0.1, 0.15) is 29.4 Å². The van der Waals surface area contributed by atoms with Gasteiger partial charge >= 0.3 is 0 Å². The number of hydrogen-bond acceptors (Lipinski definition) is 8. The Morgan fingerprint density at radius 3 is 2.50 bits per heavy atom. The second-order valence-corrected chi connectivity index (χ2v) is 11.0. The van der Waals surface area contributed by atoms with Gasteiger partial charge in [0, 0.05) is 23.1 Å². The number of ether oxygens (including phenoxy) is 2. The van der Waals surface area contributed by atoms with Crippen molar-refractivity contribution in [3.63, 3.8) is 0 Å². The molecule has 0 amide bonds. The molecule has 0 spiro atoms. The first kappa shape index (κ1) is 26.8. The molecule has 8 nitrogen and oxygen atoms in total. The van der Waals surface area contributed by atoms with E-state index in [2.05, 4.69) is 14.9 Å². The summed E-state index contributed by atoms with van der Waals surface area (Å²) < 4.78 is 30.8. The molecule has 2 aliphatic rings. The van der Waals surface area contributed by atoms with Gasteiger partial charge in [-0.3, -0.25) is 4.79 Å². The summed E-state index contributed by atoms with van der Waals surface area (Å²) in [7, 11) is 0. The van der Waals surface area contributed by atoms with Crippen molar-refractivity contribution in [2.24, 2.45) is 0 Å². The molecular formula is C28H21Cl3FN3O5. The third-order valence-electron chi connectivity index (χ3n) is 6.98. The van der Waals surface area contributed by atoms with E-state index in [4.69, 9.17) is 44.1 Å². The highest BCUT2D eigenvalue weighted by Gasteiger charge is 2.45. The van der Waals surface area contributed by atoms with Crippen LogP contribution in [0.3, 0.4) is 0 Å². The van der Waals surface area contributed by atoms with Gasteiger partial charge < -0.3 is 24.0 Å². The summed E-state index contributed by atoms with van der Waals surface area (Å²) in [6, 6.07) is 11.3. The predicted octanol–water partition coefficient (Wildman–Crippen LogP) is 6.54. The van der Waals surface area contributed by atoms with Gasteiger partial charge in [-0.25, -0.2) is 9.37 Å². The van der Waals surface area contributed by atoms with E-state index in [1.54, 1.807) is 41.3 Å². The molecule has 0 bridgehead atoms. The number of aromatic nitrogens is 2. The molecule has 0 atom stereocenters. The normalized spacial score (nSPS) is 16.0. The van der Waals surface area contributed by atoms with E-state index in [9.17, 15) is 14.3 Å². The van der Waals surface area contributed by atoms with Gasteiger partial charge in [-0.1, -0.05) is 52.1 Å². The number of nitrogens with zero attached hydrogens (tertiary/aromatic N) is 3. The van der Waals surface area contributed by atoms with Crippen molar-refractivity contribution in [1.82, 2.24) is 10.1 Å². The number of carbonyl (C=O) groups is 1. The molecule has 1 aliphatic heterocycles. The molecule has 12 heteroatoms. The Morgan fingerprint density at radius 1 is 1.10 bits per heavy atom. The molecule has 1 aliphatic carbocycles. The average molecular weight is 605 g/mol. The molecule has 2 aromatic carbocycles. The fourth-order valence-corrected chi connectivity index (χ4v) is 5.76. The zero-order chi connectivity index (χ0) is 28.0. The van der Waals surface area contributed by atoms with Crippen LogP contribution in [0.5, 0.6) is 11.5 Å². The molecule has 2 aromatic heterocycles. The van der Waals surface area contributed by atoms with Crippen LogP contribution in [0.1, 0.15) is 35.6 Å². The lowest BCUT2D eigenvalue weighted by molar-refractivity contribution is -0.120. The molecule has 0 unspecified atom stereocenters. The lowest BCUT2D eigenvalue weighted by Crippen LogP contribution is -2.60. The van der Waals surface area contributed by atoms with Gasteiger partial charge in [-0.05, 0) is 37.1 Å². The lowest BCUT2D eigenvalue weighted by Gasteiger charge is -2.47. The van der Waals surface area contributed by atoms with Crippen LogP contribution in [-0.4, -0.2) is 34.8 Å². The Kier molecular flexibility index (Phi) is 7.08. The van der Waals surface area contributed by atoms with Gasteiger partial charge in [0.25, 0.3) is 6.47 Å². The van der Waals surface area contributed by atoms with Crippen molar-refractivity contribution in [3.05, 3.63) is 86.4 Å². The van der Waals surface area contributed by atoms with Gasteiger partial charge in [0.2, 0.25) is 0 Å². The van der Waals surface area contributed by atoms with Crippen molar-refractivity contribution >= 4 is 47.1 Å². The molecule has 6 rings (SSSR count). The van der Waals surface area contributed by atoms with Crippen molar-refractivity contribution < 1.29 is 28.3 Å². The number of benzene rings is 2. The van der Waals surface area contributed by atoms with Gasteiger partial charge in [0.15, 0.2) is 17.4 Å². The van der Waals surface area contributed by atoms with E-state index in [1.165, 1.54) is 6.20 Å². The Labute approximate surface area is 243 Å². The van der Waals surface area contributed by atoms with Crippen LogP contribution in [0.4, 0.5) is 10.2 Å². The average Bonchev–Trinajstić information content (AvgIpc) is 3.66. The Balaban J connectivity index is 1.18. The first-order valence-electron chi connectivity index (χ1n) is 12.4. The van der Waals surface area contributed by atoms with Crippen molar-refractivity contribution in [1.29, 1.82) is 0 Å². The number of pyridine rings is 1. The fraction of sp³-hybridized carbons (Fsp3) is 0.250. The van der Waals surface area contributed by atoms with Crippen LogP contribution in [0.25, 0.3) is 11.3 Å².